The first-order chi connectivity index (χ1) is 16.4. The highest BCUT2D eigenvalue weighted by Gasteiger charge is 2.17. The van der Waals surface area contributed by atoms with E-state index in [9.17, 15) is 4.39 Å². The van der Waals surface area contributed by atoms with E-state index < -0.39 is 0 Å². The number of nitrogens with one attached hydrogen (secondary N) is 2. The van der Waals surface area contributed by atoms with Crippen LogP contribution in [-0.2, 0) is 0 Å². The average molecular weight is 449 g/mol. The van der Waals surface area contributed by atoms with Gasteiger partial charge in [0, 0.05) is 34.6 Å². The Balaban J connectivity index is 1.62. The van der Waals surface area contributed by atoms with Crippen LogP contribution in [-0.4, -0.2) is 20.2 Å². The molecule has 2 N–H and O–H groups in total. The second-order valence-corrected chi connectivity index (χ2v) is 8.64. The van der Waals surface area contributed by atoms with Gasteiger partial charge in [-0.25, -0.2) is 4.39 Å². The first kappa shape index (κ1) is 21.6. The fourth-order valence-electron chi connectivity index (χ4n) is 4.43. The fourth-order valence-corrected chi connectivity index (χ4v) is 4.43. The van der Waals surface area contributed by atoms with Crippen molar-refractivity contribution < 1.29 is 4.39 Å². The molecule has 0 aliphatic rings. The van der Waals surface area contributed by atoms with Gasteiger partial charge in [0.25, 0.3) is 0 Å². The summed E-state index contributed by atoms with van der Waals surface area (Å²) in [7, 11) is 0. The van der Waals surface area contributed by atoms with Crippen LogP contribution in [0.25, 0.3) is 39.0 Å². The number of aromatic nitrogens is 4. The van der Waals surface area contributed by atoms with Gasteiger partial charge >= 0.3 is 0 Å². The van der Waals surface area contributed by atoms with Crippen LogP contribution in [0.2, 0.25) is 0 Å². The molecule has 5 aromatic rings. The molecule has 0 bridgehead atoms. The lowest BCUT2D eigenvalue weighted by molar-refractivity contribution is 0.626. The van der Waals surface area contributed by atoms with Gasteiger partial charge in [-0.1, -0.05) is 30.9 Å². The Morgan fingerprint density at radius 2 is 1.79 bits per heavy atom. The fraction of sp³-hybridized carbons (Fsp3) is 0.103. The number of benzene rings is 2. The van der Waals surface area contributed by atoms with Crippen LogP contribution >= 0.6 is 0 Å². The molecular formula is C29H25FN4. The Morgan fingerprint density at radius 3 is 2.56 bits per heavy atom. The van der Waals surface area contributed by atoms with Crippen LogP contribution < -0.4 is 0 Å². The Labute approximate surface area is 197 Å². The summed E-state index contributed by atoms with van der Waals surface area (Å²) in [6.45, 7) is 9.81. The molecule has 0 aliphatic heterocycles. The molecule has 3 aromatic heterocycles. The lowest BCUT2D eigenvalue weighted by atomic mass is 9.96. The van der Waals surface area contributed by atoms with Crippen LogP contribution in [0.15, 0.2) is 79.7 Å². The molecule has 0 spiro atoms. The van der Waals surface area contributed by atoms with E-state index in [1.54, 1.807) is 12.1 Å². The van der Waals surface area contributed by atoms with Gasteiger partial charge in [0.2, 0.25) is 0 Å². The molecule has 3 heterocycles. The van der Waals surface area contributed by atoms with Crippen molar-refractivity contribution in [2.75, 3.05) is 0 Å². The smallest absolute Gasteiger partial charge is 0.124 e. The number of hydrogen-bond acceptors (Lipinski definition) is 2. The standard InChI is InChI=1S/C29H25FN4/c1-5-6-24(21-9-17(2)11-23(30)12-21)25-14-28(32-19(25)4)29-26-13-20(7-8-27(26)33-34-29)22-10-18(3)15-31-16-22/h5-16,32H,1H2,2-4H3,(H,33,34)/b24-6-. The van der Waals surface area contributed by atoms with E-state index in [1.165, 1.54) is 6.07 Å². The van der Waals surface area contributed by atoms with Gasteiger partial charge < -0.3 is 4.98 Å². The first-order valence-corrected chi connectivity index (χ1v) is 11.1. The summed E-state index contributed by atoms with van der Waals surface area (Å²) >= 11 is 0. The lowest BCUT2D eigenvalue weighted by Gasteiger charge is -2.09. The van der Waals surface area contributed by atoms with E-state index in [0.717, 1.165) is 66.9 Å². The summed E-state index contributed by atoms with van der Waals surface area (Å²) in [5, 5.41) is 8.76. The van der Waals surface area contributed by atoms with Crippen molar-refractivity contribution in [3.05, 3.63) is 113 Å². The van der Waals surface area contributed by atoms with Gasteiger partial charge in [-0.3, -0.25) is 10.1 Å². The third-order valence-electron chi connectivity index (χ3n) is 5.97. The topological polar surface area (TPSA) is 57.4 Å². The molecule has 34 heavy (non-hydrogen) atoms. The zero-order chi connectivity index (χ0) is 23.8. The highest BCUT2D eigenvalue weighted by molar-refractivity contribution is 5.96. The van der Waals surface area contributed by atoms with Crippen molar-refractivity contribution in [1.29, 1.82) is 0 Å². The number of nitrogens with zero attached hydrogens (tertiary/aromatic N) is 2. The number of halogens is 1. The van der Waals surface area contributed by atoms with Gasteiger partial charge in [-0.15, -0.1) is 0 Å². The average Bonchev–Trinajstić information content (AvgIpc) is 3.39. The minimum Gasteiger partial charge on any atom is -0.357 e. The molecule has 0 radical (unpaired) electrons. The SMILES string of the molecule is C=C/C=C(/c1cc(C)cc(F)c1)c1cc(-c2n[nH]c3ccc(-c4cncc(C)c4)cc23)[nH]c1C. The summed E-state index contributed by atoms with van der Waals surface area (Å²) in [4.78, 5) is 7.81. The molecule has 0 atom stereocenters. The zero-order valence-corrected chi connectivity index (χ0v) is 19.4. The number of allylic oxidation sites excluding steroid dienone is 2. The van der Waals surface area contributed by atoms with Crippen molar-refractivity contribution in [1.82, 2.24) is 20.2 Å². The molecular weight excluding hydrogens is 423 g/mol. The molecule has 0 fully saturated rings. The van der Waals surface area contributed by atoms with Gasteiger partial charge in [0.05, 0.1) is 11.2 Å². The highest BCUT2D eigenvalue weighted by atomic mass is 19.1. The number of hydrogen-bond donors (Lipinski definition) is 2. The predicted octanol–water partition coefficient (Wildman–Crippen LogP) is 7.30. The molecule has 5 heteroatoms. The molecule has 0 saturated carbocycles. The number of pyridine rings is 1. The third kappa shape index (κ3) is 3.97. The van der Waals surface area contributed by atoms with Crippen LogP contribution in [0.5, 0.6) is 0 Å². The monoisotopic (exact) mass is 448 g/mol. The second-order valence-electron chi connectivity index (χ2n) is 8.64. The Morgan fingerprint density at radius 1 is 0.941 bits per heavy atom. The van der Waals surface area contributed by atoms with Gasteiger partial charge in [-0.2, -0.15) is 5.10 Å². The summed E-state index contributed by atoms with van der Waals surface area (Å²) < 4.78 is 14.2. The summed E-state index contributed by atoms with van der Waals surface area (Å²) in [5.41, 5.74) is 10.5. The molecule has 4 nitrogen and oxygen atoms in total. The molecule has 168 valence electrons. The van der Waals surface area contributed by atoms with E-state index in [4.69, 9.17) is 0 Å². The number of rotatable bonds is 5. The van der Waals surface area contributed by atoms with Crippen molar-refractivity contribution in [3.8, 4) is 22.5 Å². The van der Waals surface area contributed by atoms with Crippen molar-refractivity contribution in [2.45, 2.75) is 20.8 Å². The highest BCUT2D eigenvalue weighted by Crippen LogP contribution is 2.34. The number of H-pyrrole nitrogens is 2. The third-order valence-corrected chi connectivity index (χ3v) is 5.97. The number of aromatic amines is 2. The van der Waals surface area contributed by atoms with Crippen LogP contribution in [0, 0.1) is 26.6 Å². The molecule has 0 amide bonds. The van der Waals surface area contributed by atoms with Crippen LogP contribution in [0.3, 0.4) is 0 Å². The summed E-state index contributed by atoms with van der Waals surface area (Å²) in [6, 6.07) is 15.5. The Kier molecular flexibility index (Phi) is 5.46. The number of aryl methyl sites for hydroxylation is 3. The molecule has 5 rings (SSSR count). The van der Waals surface area contributed by atoms with Gasteiger partial charge in [0.15, 0.2) is 0 Å². The molecule has 2 aromatic carbocycles. The maximum Gasteiger partial charge on any atom is 0.124 e. The normalized spacial score (nSPS) is 11.8. The van der Waals surface area contributed by atoms with Crippen molar-refractivity contribution in [2.24, 2.45) is 0 Å². The number of fused-ring (bicyclic) bond motifs is 1. The quantitative estimate of drug-likeness (QED) is 0.277. The van der Waals surface area contributed by atoms with E-state index in [-0.39, 0.29) is 5.82 Å². The van der Waals surface area contributed by atoms with Crippen molar-refractivity contribution >= 4 is 16.5 Å². The van der Waals surface area contributed by atoms with E-state index >= 15 is 0 Å². The lowest BCUT2D eigenvalue weighted by Crippen LogP contribution is -1.91. The summed E-state index contributed by atoms with van der Waals surface area (Å²) in [6.07, 6.45) is 7.37. The minimum atomic E-state index is -0.255. The Bertz CT molecular complexity index is 1550. The van der Waals surface area contributed by atoms with E-state index in [2.05, 4.69) is 51.0 Å². The van der Waals surface area contributed by atoms with E-state index in [1.807, 2.05) is 51.4 Å². The maximum absolute atomic E-state index is 14.2. The van der Waals surface area contributed by atoms with Crippen molar-refractivity contribution in [3.63, 3.8) is 0 Å². The molecule has 0 unspecified atom stereocenters. The largest absolute Gasteiger partial charge is 0.357 e. The van der Waals surface area contributed by atoms with Crippen LogP contribution in [0.4, 0.5) is 4.39 Å². The Hall–Kier alpha value is -4.25. The predicted molar refractivity (Wildman–Crippen MR) is 137 cm³/mol. The minimum absolute atomic E-state index is 0.255. The first-order valence-electron chi connectivity index (χ1n) is 11.1. The van der Waals surface area contributed by atoms with Gasteiger partial charge in [-0.05, 0) is 85.0 Å². The van der Waals surface area contributed by atoms with Crippen LogP contribution in [0.1, 0.15) is 27.9 Å². The molecule has 0 aliphatic carbocycles. The van der Waals surface area contributed by atoms with E-state index in [0.29, 0.717) is 0 Å². The molecule has 0 saturated heterocycles. The summed E-state index contributed by atoms with van der Waals surface area (Å²) in [5.74, 6) is -0.255. The maximum atomic E-state index is 14.2. The zero-order valence-electron chi connectivity index (χ0n) is 19.4. The second kappa shape index (κ2) is 8.60. The van der Waals surface area contributed by atoms with Gasteiger partial charge in [0.1, 0.15) is 11.5 Å².